The fourth-order valence-corrected chi connectivity index (χ4v) is 4.57. The minimum atomic E-state index is -0.955. The van der Waals surface area contributed by atoms with Gasteiger partial charge in [0.15, 0.2) is 0 Å². The maximum atomic E-state index is 11.5. The van der Waals surface area contributed by atoms with Crippen molar-refractivity contribution in [3.05, 3.63) is 78.0 Å². The van der Waals surface area contributed by atoms with Crippen LogP contribution >= 0.6 is 0 Å². The number of para-hydroxylation sites is 1. The monoisotopic (exact) mass is 404 g/mol. The highest BCUT2D eigenvalue weighted by atomic mass is 16.5. The van der Waals surface area contributed by atoms with Gasteiger partial charge in [0, 0.05) is 30.2 Å². The third-order valence-electron chi connectivity index (χ3n) is 6.07. The van der Waals surface area contributed by atoms with Gasteiger partial charge in [0.25, 0.3) is 0 Å². The summed E-state index contributed by atoms with van der Waals surface area (Å²) >= 11 is 0. The van der Waals surface area contributed by atoms with E-state index in [1.807, 2.05) is 12.1 Å². The molecule has 0 aliphatic carbocycles. The molecular weight excluding hydrogens is 376 g/mol. The van der Waals surface area contributed by atoms with E-state index in [9.17, 15) is 9.90 Å². The smallest absolute Gasteiger partial charge is 0.339 e. The highest BCUT2D eigenvalue weighted by Crippen LogP contribution is 2.35. The molecule has 5 nitrogen and oxygen atoms in total. The molecule has 0 radical (unpaired) electrons. The fourth-order valence-electron chi connectivity index (χ4n) is 4.57. The lowest BCUT2D eigenvalue weighted by Gasteiger charge is -2.32. The Morgan fingerprint density at radius 1 is 1.23 bits per heavy atom. The number of aromatic nitrogens is 1. The topological polar surface area (TPSA) is 54.7 Å². The Morgan fingerprint density at radius 2 is 2.00 bits per heavy atom. The van der Waals surface area contributed by atoms with E-state index < -0.39 is 5.97 Å². The van der Waals surface area contributed by atoms with E-state index in [0.717, 1.165) is 44.6 Å². The van der Waals surface area contributed by atoms with Crippen LogP contribution in [0.1, 0.15) is 40.2 Å². The fraction of sp³-hybridized carbons (Fsp3) is 0.320. The summed E-state index contributed by atoms with van der Waals surface area (Å²) < 4.78 is 7.45. The number of likely N-dealkylation sites (tertiary alicyclic amines) is 1. The molecule has 0 unspecified atom stereocenters. The molecule has 1 aliphatic rings. The Labute approximate surface area is 177 Å². The summed E-state index contributed by atoms with van der Waals surface area (Å²) in [4.78, 5) is 13.9. The number of hydrogen-bond donors (Lipinski definition) is 1. The predicted molar refractivity (Wildman–Crippen MR) is 119 cm³/mol. The predicted octanol–water partition coefficient (Wildman–Crippen LogP) is 4.91. The molecule has 0 bridgehead atoms. The molecule has 4 rings (SSSR count). The highest BCUT2D eigenvalue weighted by Gasteiger charge is 2.24. The Kier molecular flexibility index (Phi) is 5.91. The summed E-state index contributed by atoms with van der Waals surface area (Å²) in [6, 6.07) is 14.1. The second-order valence-corrected chi connectivity index (χ2v) is 7.93. The van der Waals surface area contributed by atoms with Crippen LogP contribution in [0.5, 0.6) is 5.75 Å². The average molecular weight is 405 g/mol. The molecule has 0 saturated carbocycles. The number of piperidine rings is 1. The Bertz CT molecular complexity index is 1060. The number of rotatable bonds is 7. The van der Waals surface area contributed by atoms with Gasteiger partial charge >= 0.3 is 5.97 Å². The van der Waals surface area contributed by atoms with Crippen molar-refractivity contribution in [2.45, 2.75) is 31.8 Å². The van der Waals surface area contributed by atoms with Crippen molar-refractivity contribution in [3.63, 3.8) is 0 Å². The molecule has 1 N–H and O–H groups in total. The molecule has 30 heavy (non-hydrogen) atoms. The molecule has 1 aromatic heterocycles. The lowest BCUT2D eigenvalue weighted by atomic mass is 9.89. The van der Waals surface area contributed by atoms with E-state index >= 15 is 0 Å². The van der Waals surface area contributed by atoms with Crippen molar-refractivity contribution in [2.75, 3.05) is 20.2 Å². The van der Waals surface area contributed by atoms with Crippen molar-refractivity contribution in [2.24, 2.45) is 0 Å². The second kappa shape index (κ2) is 8.76. The maximum absolute atomic E-state index is 11.5. The van der Waals surface area contributed by atoms with Gasteiger partial charge in [-0.05, 0) is 61.2 Å². The van der Waals surface area contributed by atoms with Crippen molar-refractivity contribution < 1.29 is 14.6 Å². The number of aromatic carboxylic acids is 1. The molecule has 156 valence electrons. The number of carbonyl (C=O) groups is 1. The van der Waals surface area contributed by atoms with Gasteiger partial charge in [0.1, 0.15) is 11.3 Å². The standard InChI is InChI=1S/C25H28N2O3/c1-3-12-27-17-22(20-6-4-5-7-23(20)27)19-10-13-26(14-11-19)16-18-8-9-24(30-2)21(15-18)25(28)29/h3-9,15,17,19H,1,10-14,16H2,2H3,(H,28,29). The summed E-state index contributed by atoms with van der Waals surface area (Å²) in [5.74, 6) is -0.00754. The van der Waals surface area contributed by atoms with Gasteiger partial charge in [-0.1, -0.05) is 30.3 Å². The number of fused-ring (bicyclic) bond motifs is 1. The largest absolute Gasteiger partial charge is 0.496 e. The van der Waals surface area contributed by atoms with E-state index in [0.29, 0.717) is 11.7 Å². The number of carboxylic acid groups (broad SMARTS) is 1. The first-order valence-corrected chi connectivity index (χ1v) is 10.4. The second-order valence-electron chi connectivity index (χ2n) is 7.93. The summed E-state index contributed by atoms with van der Waals surface area (Å²) in [6.45, 7) is 7.47. The lowest BCUT2D eigenvalue weighted by Crippen LogP contribution is -2.32. The van der Waals surface area contributed by atoms with Crippen molar-refractivity contribution in [3.8, 4) is 5.75 Å². The van der Waals surface area contributed by atoms with Crippen molar-refractivity contribution >= 4 is 16.9 Å². The van der Waals surface area contributed by atoms with Crippen LogP contribution in [-0.2, 0) is 13.1 Å². The van der Waals surface area contributed by atoms with Gasteiger partial charge in [-0.2, -0.15) is 0 Å². The average Bonchev–Trinajstić information content (AvgIpc) is 3.13. The zero-order valence-corrected chi connectivity index (χ0v) is 17.4. The summed E-state index contributed by atoms with van der Waals surface area (Å²) in [5.41, 5.74) is 3.94. The Balaban J connectivity index is 1.46. The minimum Gasteiger partial charge on any atom is -0.496 e. The third-order valence-corrected chi connectivity index (χ3v) is 6.07. The van der Waals surface area contributed by atoms with E-state index in [2.05, 4.69) is 46.5 Å². The molecule has 3 aromatic rings. The van der Waals surface area contributed by atoms with Crippen molar-refractivity contribution in [1.29, 1.82) is 0 Å². The molecule has 1 aliphatic heterocycles. The van der Waals surface area contributed by atoms with Crippen LogP contribution < -0.4 is 4.74 Å². The normalized spacial score (nSPS) is 15.4. The van der Waals surface area contributed by atoms with Crippen LogP contribution in [0.3, 0.4) is 0 Å². The van der Waals surface area contributed by atoms with Crippen LogP contribution in [0.25, 0.3) is 10.9 Å². The molecular formula is C25H28N2O3. The van der Waals surface area contributed by atoms with E-state index in [4.69, 9.17) is 4.74 Å². The highest BCUT2D eigenvalue weighted by molar-refractivity contribution is 5.91. The van der Waals surface area contributed by atoms with E-state index in [1.54, 1.807) is 12.1 Å². The number of benzene rings is 2. The van der Waals surface area contributed by atoms with E-state index in [-0.39, 0.29) is 5.56 Å². The molecule has 2 aromatic carbocycles. The number of allylic oxidation sites excluding steroid dienone is 1. The number of hydrogen-bond acceptors (Lipinski definition) is 3. The lowest BCUT2D eigenvalue weighted by molar-refractivity contribution is 0.0693. The van der Waals surface area contributed by atoms with Crippen molar-refractivity contribution in [1.82, 2.24) is 9.47 Å². The van der Waals surface area contributed by atoms with E-state index in [1.165, 1.54) is 23.6 Å². The molecule has 0 atom stereocenters. The third kappa shape index (κ3) is 3.98. The van der Waals surface area contributed by atoms with Gasteiger partial charge in [0.05, 0.1) is 7.11 Å². The number of nitrogens with zero attached hydrogens (tertiary/aromatic N) is 2. The Hall–Kier alpha value is -3.05. The summed E-state index contributed by atoms with van der Waals surface area (Å²) in [7, 11) is 1.50. The SMILES string of the molecule is C=CCn1cc(C2CCN(Cc3ccc(OC)c(C(=O)O)c3)CC2)c2ccccc21. The van der Waals surface area contributed by atoms with Gasteiger partial charge < -0.3 is 14.4 Å². The van der Waals surface area contributed by atoms with Gasteiger partial charge in [-0.15, -0.1) is 6.58 Å². The number of methoxy groups -OCH3 is 1. The molecule has 0 amide bonds. The molecule has 0 spiro atoms. The van der Waals surface area contributed by atoms with Crippen LogP contribution in [-0.4, -0.2) is 40.7 Å². The minimum absolute atomic E-state index is 0.222. The Morgan fingerprint density at radius 3 is 2.70 bits per heavy atom. The molecule has 1 fully saturated rings. The van der Waals surface area contributed by atoms with Gasteiger partial charge in [0.2, 0.25) is 0 Å². The van der Waals surface area contributed by atoms with Crippen LogP contribution in [0.4, 0.5) is 0 Å². The summed E-state index contributed by atoms with van der Waals surface area (Å²) in [6.07, 6.45) is 6.45. The summed E-state index contributed by atoms with van der Waals surface area (Å²) in [5, 5.41) is 10.8. The van der Waals surface area contributed by atoms with Crippen LogP contribution in [0.15, 0.2) is 61.3 Å². The first-order valence-electron chi connectivity index (χ1n) is 10.4. The zero-order chi connectivity index (χ0) is 21.1. The van der Waals surface area contributed by atoms with Gasteiger partial charge in [-0.25, -0.2) is 4.79 Å². The van der Waals surface area contributed by atoms with Crippen LogP contribution in [0.2, 0.25) is 0 Å². The number of carboxylic acids is 1. The first kappa shape index (κ1) is 20.2. The molecule has 5 heteroatoms. The van der Waals surface area contributed by atoms with Gasteiger partial charge in [-0.3, -0.25) is 4.90 Å². The zero-order valence-electron chi connectivity index (χ0n) is 17.4. The quantitative estimate of drug-likeness (QED) is 0.568. The molecule has 1 saturated heterocycles. The first-order chi connectivity index (χ1) is 14.6. The number of ether oxygens (including phenoxy) is 1. The van der Waals surface area contributed by atoms with Crippen LogP contribution in [0, 0.1) is 0 Å². The maximum Gasteiger partial charge on any atom is 0.339 e. The molecule has 2 heterocycles.